The van der Waals surface area contributed by atoms with E-state index in [-0.39, 0.29) is 37.7 Å². The number of carboxylic acid groups (broad SMARTS) is 1. The second-order valence-electron chi connectivity index (χ2n) is 1.51. The maximum Gasteiger partial charge on any atom is 2.00 e. The monoisotopic (exact) mass is 242 g/mol. The molecule has 10 heteroatoms. The zero-order valence-corrected chi connectivity index (χ0v) is 9.46. The van der Waals surface area contributed by atoms with Crippen LogP contribution in [0.15, 0.2) is 0 Å². The fraction of sp³-hybridized carbons (Fsp3) is 0.667. The molecule has 0 fully saturated rings. The van der Waals surface area contributed by atoms with E-state index in [0.29, 0.717) is 0 Å². The Balaban J connectivity index is -0.000000150. The predicted molar refractivity (Wildman–Crippen MR) is 36.3 cm³/mol. The molecule has 0 aromatic heterocycles. The summed E-state index contributed by atoms with van der Waals surface area (Å²) < 4.78 is 8.66. The number of aliphatic hydroxyl groups excluding tert-OH is 2. The van der Waals surface area contributed by atoms with Gasteiger partial charge < -0.3 is 34.6 Å². The van der Waals surface area contributed by atoms with Crippen molar-refractivity contribution in [2.24, 2.45) is 0 Å². The Morgan fingerprint density at radius 2 is 1.69 bits per heavy atom. The van der Waals surface area contributed by atoms with E-state index in [1.807, 2.05) is 0 Å². The maximum atomic E-state index is 9.52. The van der Waals surface area contributed by atoms with Gasteiger partial charge in [-0.15, -0.1) is 0 Å². The second-order valence-corrected chi connectivity index (χ2v) is 2.44. The first-order chi connectivity index (χ1) is 5.18. The number of hydrogen-bond donors (Lipinski definition) is 4. The Hall–Kier alpha value is 0.760. The normalized spacial score (nSPS) is 11.8. The third-order valence-electron chi connectivity index (χ3n) is 0.458. The van der Waals surface area contributed by atoms with Crippen molar-refractivity contribution in [3.63, 3.8) is 0 Å². The van der Waals surface area contributed by atoms with E-state index in [0.717, 1.165) is 0 Å². The molecule has 0 spiro atoms. The molecule has 0 amide bonds. The minimum Gasteiger partial charge on any atom is -0.790 e. The molecule has 0 aromatic carbocycles. The van der Waals surface area contributed by atoms with Crippen molar-refractivity contribution in [3.8, 4) is 0 Å². The van der Waals surface area contributed by atoms with Crippen LogP contribution in [0.1, 0.15) is 0 Å². The van der Waals surface area contributed by atoms with Crippen molar-refractivity contribution in [1.29, 1.82) is 0 Å². The summed E-state index contributed by atoms with van der Waals surface area (Å²) in [6, 6.07) is 0. The largest absolute Gasteiger partial charge is 2.00 e. The summed E-state index contributed by atoms with van der Waals surface area (Å²) in [7, 11) is -5.14. The van der Waals surface area contributed by atoms with Gasteiger partial charge in [-0.3, -0.25) is 0 Å². The molecule has 74 valence electrons. The third kappa shape index (κ3) is 32.3. The Labute approximate surface area is 103 Å². The van der Waals surface area contributed by atoms with E-state index in [4.69, 9.17) is 34.6 Å². The number of aliphatic hydroxyl groups is 2. The van der Waals surface area contributed by atoms with Gasteiger partial charge in [0.05, 0.1) is 14.4 Å². The van der Waals surface area contributed by atoms with Crippen LogP contribution in [0.4, 0.5) is 0 Å². The van der Waals surface area contributed by atoms with E-state index < -0.39 is 26.5 Å². The van der Waals surface area contributed by atoms with Crippen LogP contribution in [0.2, 0.25) is 0 Å². The summed E-state index contributed by atoms with van der Waals surface area (Å²) in [4.78, 5) is 33.8. The Bertz CT molecular complexity index is 168. The van der Waals surface area contributed by atoms with Gasteiger partial charge in [0.1, 0.15) is 0 Å². The SMILES string of the molecule is O=C(O)C(O)CO.O=P([O-])([O-])O.[Ca+2]. The average Bonchev–Trinajstić information content (AvgIpc) is 1.82. The van der Waals surface area contributed by atoms with Gasteiger partial charge in [0.2, 0.25) is 0 Å². The van der Waals surface area contributed by atoms with Gasteiger partial charge in [0, 0.05) is 0 Å². The molecule has 0 aliphatic rings. The number of aliphatic carboxylic acids is 1. The first-order valence-electron chi connectivity index (χ1n) is 2.45. The first-order valence-corrected chi connectivity index (χ1v) is 3.94. The summed E-state index contributed by atoms with van der Waals surface area (Å²) in [5.74, 6) is -1.40. The van der Waals surface area contributed by atoms with Crippen LogP contribution in [0.3, 0.4) is 0 Å². The molecule has 0 rings (SSSR count). The molecule has 13 heavy (non-hydrogen) atoms. The molecule has 0 aliphatic heterocycles. The van der Waals surface area contributed by atoms with E-state index in [1.165, 1.54) is 0 Å². The Kier molecular flexibility index (Phi) is 13.9. The van der Waals surface area contributed by atoms with E-state index in [2.05, 4.69) is 0 Å². The molecule has 0 saturated carbocycles. The number of carbonyl (C=O) groups is 1. The average molecular weight is 242 g/mol. The van der Waals surface area contributed by atoms with E-state index >= 15 is 0 Å². The molecular formula is C3H7CaO8P. The minimum atomic E-state index is -5.14. The quantitative estimate of drug-likeness (QED) is 0.280. The maximum absolute atomic E-state index is 9.52. The Morgan fingerprint density at radius 1 is 1.46 bits per heavy atom. The summed E-state index contributed by atoms with van der Waals surface area (Å²) in [6.07, 6.45) is -1.63. The fourth-order valence-corrected chi connectivity index (χ4v) is 0.0781. The molecule has 1 unspecified atom stereocenters. The molecular weight excluding hydrogens is 235 g/mol. The van der Waals surface area contributed by atoms with Crippen molar-refractivity contribution in [1.82, 2.24) is 0 Å². The van der Waals surface area contributed by atoms with Crippen molar-refractivity contribution in [2.75, 3.05) is 6.61 Å². The first kappa shape index (κ1) is 19.4. The van der Waals surface area contributed by atoms with Gasteiger partial charge in [-0.05, 0) is 0 Å². The van der Waals surface area contributed by atoms with Gasteiger partial charge in [-0.25, -0.2) is 4.79 Å². The summed E-state index contributed by atoms with van der Waals surface area (Å²) >= 11 is 0. The zero-order chi connectivity index (χ0) is 10.4. The summed E-state index contributed by atoms with van der Waals surface area (Å²) in [5.41, 5.74) is 0. The topological polar surface area (TPSA) is 161 Å². The van der Waals surface area contributed by atoms with Crippen LogP contribution in [-0.4, -0.2) is 76.6 Å². The van der Waals surface area contributed by atoms with Crippen LogP contribution in [0.5, 0.6) is 0 Å². The van der Waals surface area contributed by atoms with Gasteiger partial charge in [0.15, 0.2) is 6.10 Å². The second kappa shape index (κ2) is 9.32. The molecule has 0 aromatic rings. The van der Waals surface area contributed by atoms with Crippen molar-refractivity contribution < 1.29 is 39.4 Å². The third-order valence-corrected chi connectivity index (χ3v) is 0.458. The van der Waals surface area contributed by atoms with Gasteiger partial charge in [0.25, 0.3) is 0 Å². The molecule has 0 aliphatic carbocycles. The van der Waals surface area contributed by atoms with Crippen LogP contribution in [-0.2, 0) is 9.36 Å². The fourth-order valence-electron chi connectivity index (χ4n) is 0.0781. The van der Waals surface area contributed by atoms with Gasteiger partial charge in [-0.1, -0.05) is 0 Å². The van der Waals surface area contributed by atoms with Crippen LogP contribution >= 0.6 is 7.82 Å². The van der Waals surface area contributed by atoms with Crippen LogP contribution in [0, 0.1) is 0 Å². The summed E-state index contributed by atoms with van der Waals surface area (Å²) in [5, 5.41) is 23.7. The molecule has 8 nitrogen and oxygen atoms in total. The standard InChI is InChI=1S/C3H6O4.Ca.H3O4P/c4-1-2(5)3(6)7;;1-5(2,3)4/h2,4-5H,1H2,(H,6,7);;(H3,1,2,3,4)/q;+2;/p-2. The van der Waals surface area contributed by atoms with E-state index in [9.17, 15) is 4.79 Å². The molecule has 0 radical (unpaired) electrons. The number of carboxylic acids is 1. The van der Waals surface area contributed by atoms with Gasteiger partial charge in [-0.2, -0.15) is 0 Å². The summed E-state index contributed by atoms with van der Waals surface area (Å²) in [6.45, 7) is -0.727. The van der Waals surface area contributed by atoms with Gasteiger partial charge >= 0.3 is 43.7 Å². The minimum absolute atomic E-state index is 0. The molecule has 0 saturated heterocycles. The van der Waals surface area contributed by atoms with Crippen molar-refractivity contribution in [3.05, 3.63) is 0 Å². The molecule has 4 N–H and O–H groups in total. The number of rotatable bonds is 2. The van der Waals surface area contributed by atoms with Crippen LogP contribution in [0.25, 0.3) is 0 Å². The number of hydrogen-bond acceptors (Lipinski definition) is 6. The predicted octanol–water partition coefficient (Wildman–Crippen LogP) is -4.15. The Morgan fingerprint density at radius 3 is 1.69 bits per heavy atom. The van der Waals surface area contributed by atoms with E-state index in [1.54, 1.807) is 0 Å². The van der Waals surface area contributed by atoms with Crippen molar-refractivity contribution in [2.45, 2.75) is 6.10 Å². The smallest absolute Gasteiger partial charge is 0.790 e. The molecule has 0 bridgehead atoms. The molecule has 0 heterocycles. The van der Waals surface area contributed by atoms with Crippen molar-refractivity contribution >= 4 is 51.5 Å². The zero-order valence-electron chi connectivity index (χ0n) is 6.36. The number of phosphoric acid groups is 1. The van der Waals surface area contributed by atoms with Crippen LogP contribution < -0.4 is 9.79 Å². The molecule has 1 atom stereocenters.